The van der Waals surface area contributed by atoms with E-state index in [1.165, 1.54) is 35.6 Å². The van der Waals surface area contributed by atoms with Crippen LogP contribution >= 0.6 is 11.3 Å². The topological polar surface area (TPSA) is 328 Å². The molecule has 3 saturated heterocycles. The highest BCUT2D eigenvalue weighted by molar-refractivity contribution is 7.15. The second kappa shape index (κ2) is 16.8. The number of nitrogens with two attached hydrogens (primary N) is 2. The standard InChI is InChI=1S/C47H56N10O12S/c1-24-19-33(30-10-7-17-53(30)46(38(60)51-41(62)63)27-15-13-25(20-31(27)56(66)67)43(46,2)22-36(48)58)55(40-50-29-9-5-6-11-34(29)70-40)45(24,4)35-12-8-18-54(35)47(39(61)52-42(64)65)28-16-14-26(21-32(28)57(68)69)44(47,3)23-37(49)59/h13-16,20-21,24,30,33,35H,5-12,17-19,22-23H2,1-4H3,(H2,48,58)(H2,49,59)(H,51,60)(H,52,61)(H,62,63)(H,64,65)/t24?,30?,33-,35?,43?,44?,45-,46+,47+/m1/s1. The Balaban J connectivity index is 1.27. The van der Waals surface area contributed by atoms with Crippen molar-refractivity contribution in [1.29, 1.82) is 0 Å². The zero-order chi connectivity index (χ0) is 50.6. The molecule has 4 heterocycles. The Hall–Kier alpha value is -6.59. The number of thiazole rings is 1. The number of nitro groups is 2. The molecule has 0 spiro atoms. The normalized spacial score (nSPS) is 32.1. The van der Waals surface area contributed by atoms with Gasteiger partial charge in [0.2, 0.25) is 11.8 Å². The number of aryl methyl sites for hydroxylation is 2. The van der Waals surface area contributed by atoms with Crippen molar-refractivity contribution in [1.82, 2.24) is 25.4 Å². The molecule has 2 aromatic carbocycles. The van der Waals surface area contributed by atoms with Crippen LogP contribution in [-0.4, -0.2) is 107 Å². The van der Waals surface area contributed by atoms with Gasteiger partial charge in [-0.05, 0) is 107 Å². The number of likely N-dealkylation sites (tertiary alicyclic amines) is 2. The maximum absolute atomic E-state index is 15.2. The molecule has 11 rings (SSSR count). The molecule has 8 aliphatic rings. The largest absolute Gasteiger partial charge is 0.465 e. The van der Waals surface area contributed by atoms with Crippen LogP contribution in [0.5, 0.6) is 0 Å². The van der Waals surface area contributed by atoms with E-state index in [-0.39, 0.29) is 41.3 Å². The van der Waals surface area contributed by atoms with E-state index >= 15 is 9.59 Å². The van der Waals surface area contributed by atoms with Crippen LogP contribution in [0.2, 0.25) is 0 Å². The minimum atomic E-state index is -2.18. The summed E-state index contributed by atoms with van der Waals surface area (Å²) in [5, 5.41) is 51.0. The van der Waals surface area contributed by atoms with Gasteiger partial charge in [-0.25, -0.2) is 14.6 Å². The quantitative estimate of drug-likeness (QED) is 0.102. The number of amides is 6. The lowest BCUT2D eigenvalue weighted by atomic mass is 9.55. The van der Waals surface area contributed by atoms with Gasteiger partial charge >= 0.3 is 12.2 Å². The van der Waals surface area contributed by atoms with E-state index in [9.17, 15) is 49.6 Å². The lowest BCUT2D eigenvalue weighted by Crippen LogP contribution is -2.74. The van der Waals surface area contributed by atoms with Gasteiger partial charge in [0, 0.05) is 58.8 Å². The molecule has 0 saturated carbocycles. The highest BCUT2D eigenvalue weighted by Crippen LogP contribution is 2.63. The van der Waals surface area contributed by atoms with E-state index in [2.05, 4.69) is 4.90 Å². The lowest BCUT2D eigenvalue weighted by molar-refractivity contribution is -0.387. The van der Waals surface area contributed by atoms with Crippen molar-refractivity contribution < 1.29 is 48.8 Å². The van der Waals surface area contributed by atoms with Crippen LogP contribution in [0, 0.1) is 26.1 Å². The summed E-state index contributed by atoms with van der Waals surface area (Å²) < 4.78 is 0. The van der Waals surface area contributed by atoms with Crippen molar-refractivity contribution in [2.45, 2.75) is 144 Å². The number of carbonyl (C=O) groups excluding carboxylic acids is 4. The van der Waals surface area contributed by atoms with Gasteiger partial charge in [0.1, 0.15) is 11.1 Å². The highest BCUT2D eigenvalue weighted by atomic mass is 32.1. The third-order valence-electron chi connectivity index (χ3n) is 17.2. The summed E-state index contributed by atoms with van der Waals surface area (Å²) in [6, 6.07) is 6.66. The van der Waals surface area contributed by atoms with Crippen LogP contribution in [0.1, 0.15) is 118 Å². The smallest absolute Gasteiger partial charge is 0.411 e. The second-order valence-electron chi connectivity index (χ2n) is 20.5. The Morgan fingerprint density at radius 3 is 1.76 bits per heavy atom. The molecule has 372 valence electrons. The number of fused-ring (bicyclic) bond motifs is 7. The van der Waals surface area contributed by atoms with Crippen molar-refractivity contribution in [3.63, 3.8) is 0 Å². The highest BCUT2D eigenvalue weighted by Gasteiger charge is 2.72. The minimum Gasteiger partial charge on any atom is -0.465 e. The predicted molar refractivity (Wildman–Crippen MR) is 251 cm³/mol. The first-order chi connectivity index (χ1) is 33.0. The van der Waals surface area contributed by atoms with E-state index in [0.29, 0.717) is 43.7 Å². The fourth-order valence-electron chi connectivity index (χ4n) is 14.5. The zero-order valence-electron chi connectivity index (χ0n) is 39.2. The number of hydrogen-bond donors (Lipinski definition) is 6. The van der Waals surface area contributed by atoms with Crippen molar-refractivity contribution in [3.8, 4) is 0 Å². The van der Waals surface area contributed by atoms with Gasteiger partial charge in [-0.3, -0.25) is 59.8 Å². The van der Waals surface area contributed by atoms with Crippen LogP contribution in [0.25, 0.3) is 0 Å². The Morgan fingerprint density at radius 2 is 1.26 bits per heavy atom. The number of imide groups is 2. The first kappa shape index (κ1) is 48.4. The number of aromatic nitrogens is 1. The van der Waals surface area contributed by atoms with Crippen molar-refractivity contribution in [3.05, 3.63) is 89.5 Å². The van der Waals surface area contributed by atoms with Gasteiger partial charge in [-0.2, -0.15) is 0 Å². The van der Waals surface area contributed by atoms with Crippen LogP contribution in [0.15, 0.2) is 36.4 Å². The number of carbonyl (C=O) groups is 6. The molecule has 22 nitrogen and oxygen atoms in total. The summed E-state index contributed by atoms with van der Waals surface area (Å²) in [6.45, 7) is 7.55. The molecule has 3 fully saturated rings. The number of benzene rings is 2. The zero-order valence-corrected chi connectivity index (χ0v) is 40.0. The number of hydrogen-bond acceptors (Lipinski definition) is 15. The van der Waals surface area contributed by atoms with Gasteiger partial charge < -0.3 is 26.6 Å². The first-order valence-corrected chi connectivity index (χ1v) is 24.4. The number of nitro benzene ring substituents is 2. The van der Waals surface area contributed by atoms with Gasteiger partial charge in [-0.1, -0.05) is 32.9 Å². The summed E-state index contributed by atoms with van der Waals surface area (Å²) in [6.07, 6.45) is 1.03. The van der Waals surface area contributed by atoms with Crippen molar-refractivity contribution >= 4 is 63.7 Å². The molecule has 23 heteroatoms. The molecular weight excluding hydrogens is 929 g/mol. The number of rotatable bonds is 13. The fourth-order valence-corrected chi connectivity index (χ4v) is 15.8. The third kappa shape index (κ3) is 6.59. The van der Waals surface area contributed by atoms with E-state index < -0.39 is 115 Å². The maximum atomic E-state index is 15.2. The number of primary amides is 2. The van der Waals surface area contributed by atoms with Crippen LogP contribution < -0.4 is 27.0 Å². The average molecular weight is 985 g/mol. The Morgan fingerprint density at radius 1 is 0.757 bits per heavy atom. The molecule has 4 bridgehead atoms. The molecule has 8 N–H and O–H groups in total. The molecule has 5 aliphatic carbocycles. The Kier molecular flexibility index (Phi) is 11.6. The molecule has 70 heavy (non-hydrogen) atoms. The SMILES string of the molecule is CC1C[C@H](C2CCCN2[C@]2(C(=O)NC(=O)O)c3ccc(cc3[N+](=O)[O-])C2(C)CC(N)=O)N(c2nc3c(s2)CCCC3)[C@@]1(C)C1CCCN1[C@]1(C(=O)NC(=O)O)c2ccc(cc2[N+](=O)[O-])C1(C)CC(N)=O. The summed E-state index contributed by atoms with van der Waals surface area (Å²) in [7, 11) is 0. The summed E-state index contributed by atoms with van der Waals surface area (Å²) in [4.78, 5) is 119. The number of nitrogens with zero attached hydrogens (tertiary/aromatic N) is 6. The fraction of sp³-hybridized carbons (Fsp3) is 0.553. The van der Waals surface area contributed by atoms with Crippen LogP contribution in [-0.2, 0) is 53.9 Å². The van der Waals surface area contributed by atoms with Crippen LogP contribution in [0.3, 0.4) is 0 Å². The van der Waals surface area contributed by atoms with Gasteiger partial charge in [-0.15, -0.1) is 11.3 Å². The lowest BCUT2D eigenvalue weighted by Gasteiger charge is -2.59. The van der Waals surface area contributed by atoms with Crippen LogP contribution in [0.4, 0.5) is 26.1 Å². The van der Waals surface area contributed by atoms with E-state index in [1.807, 2.05) is 34.3 Å². The molecule has 6 amide bonds. The van der Waals surface area contributed by atoms with E-state index in [0.717, 1.165) is 29.8 Å². The number of nitrogens with one attached hydrogen (secondary N) is 2. The van der Waals surface area contributed by atoms with E-state index in [4.69, 9.17) is 16.5 Å². The Labute approximate surface area is 405 Å². The van der Waals surface area contributed by atoms with E-state index in [1.54, 1.807) is 26.0 Å². The summed E-state index contributed by atoms with van der Waals surface area (Å²) in [5.41, 5.74) is 3.56. The maximum Gasteiger partial charge on any atom is 0.411 e. The number of anilines is 1. The summed E-state index contributed by atoms with van der Waals surface area (Å²) in [5.74, 6) is -4.16. The van der Waals surface area contributed by atoms with Gasteiger partial charge in [0.15, 0.2) is 5.13 Å². The molecule has 3 aromatic rings. The van der Waals surface area contributed by atoms with Crippen molar-refractivity contribution in [2.24, 2.45) is 17.4 Å². The van der Waals surface area contributed by atoms with Crippen molar-refractivity contribution in [2.75, 3.05) is 18.0 Å². The molecule has 0 radical (unpaired) electrons. The predicted octanol–water partition coefficient (Wildman–Crippen LogP) is 4.41. The third-order valence-corrected chi connectivity index (χ3v) is 18.4. The molecule has 3 aliphatic heterocycles. The molecule has 9 atom stereocenters. The number of carboxylic acid groups (broad SMARTS) is 2. The summed E-state index contributed by atoms with van der Waals surface area (Å²) >= 11 is 1.51. The molecule has 5 unspecified atom stereocenters. The van der Waals surface area contributed by atoms with Gasteiger partial charge in [0.25, 0.3) is 23.2 Å². The molecular formula is C47H56N10O12S. The molecule has 1 aromatic heterocycles. The Bertz CT molecular complexity index is 2780. The van der Waals surface area contributed by atoms with Gasteiger partial charge in [0.05, 0.1) is 32.2 Å². The first-order valence-electron chi connectivity index (χ1n) is 23.6. The average Bonchev–Trinajstić information content (AvgIpc) is 4.09. The minimum absolute atomic E-state index is 0.0985. The second-order valence-corrected chi connectivity index (χ2v) is 21.6. The monoisotopic (exact) mass is 984 g/mol.